The Hall–Kier alpha value is -0.880. The van der Waals surface area contributed by atoms with E-state index >= 15 is 0 Å². The van der Waals surface area contributed by atoms with Gasteiger partial charge in [0.2, 0.25) is 5.95 Å². The van der Waals surface area contributed by atoms with Gasteiger partial charge in [0.25, 0.3) is 0 Å². The summed E-state index contributed by atoms with van der Waals surface area (Å²) in [5, 5.41) is 6.14. The zero-order valence-corrected chi connectivity index (χ0v) is 10.8. The third-order valence-corrected chi connectivity index (χ3v) is 2.40. The largest absolute Gasteiger partial charge is 0.368 e. The van der Waals surface area contributed by atoms with Crippen LogP contribution in [-0.2, 0) is 0 Å². The Bertz CT molecular complexity index is 315. The number of rotatable bonds is 5. The summed E-state index contributed by atoms with van der Waals surface area (Å²) in [6, 6.07) is 0. The van der Waals surface area contributed by atoms with Crippen LogP contribution in [0.2, 0.25) is 0 Å². The summed E-state index contributed by atoms with van der Waals surface area (Å²) in [4.78, 5) is 10.5. The summed E-state index contributed by atoms with van der Waals surface area (Å²) >= 11 is 3.40. The van der Waals surface area contributed by atoms with Crippen molar-refractivity contribution in [2.24, 2.45) is 0 Å². The summed E-state index contributed by atoms with van der Waals surface area (Å²) in [5.41, 5.74) is 0. The summed E-state index contributed by atoms with van der Waals surface area (Å²) in [6.07, 6.45) is 1.73. The summed E-state index contributed by atoms with van der Waals surface area (Å²) in [7, 11) is 5.87. The van der Waals surface area contributed by atoms with Gasteiger partial charge in [-0.2, -0.15) is 4.98 Å². The molecule has 0 aliphatic rings. The molecule has 1 aromatic rings. The maximum atomic E-state index is 4.29. The molecule has 0 unspecified atom stereocenters. The van der Waals surface area contributed by atoms with Crippen LogP contribution in [0.4, 0.5) is 11.8 Å². The summed E-state index contributed by atoms with van der Waals surface area (Å²) in [6.45, 7) is 1.82. The Kier molecular flexibility index (Phi) is 4.77. The van der Waals surface area contributed by atoms with E-state index in [1.807, 2.05) is 14.1 Å². The van der Waals surface area contributed by atoms with Gasteiger partial charge in [-0.15, -0.1) is 0 Å². The molecule has 0 saturated heterocycles. The van der Waals surface area contributed by atoms with Crippen molar-refractivity contribution in [2.45, 2.75) is 0 Å². The van der Waals surface area contributed by atoms with E-state index in [1.165, 1.54) is 0 Å². The van der Waals surface area contributed by atoms with E-state index in [9.17, 15) is 0 Å². The van der Waals surface area contributed by atoms with Crippen LogP contribution in [0.3, 0.4) is 0 Å². The monoisotopic (exact) mass is 273 g/mol. The third-order valence-electron chi connectivity index (χ3n) is 1.82. The van der Waals surface area contributed by atoms with Crippen molar-refractivity contribution in [3.8, 4) is 0 Å². The molecule has 0 aliphatic carbocycles. The molecule has 0 saturated carbocycles. The Morgan fingerprint density at radius 2 is 2.20 bits per heavy atom. The Morgan fingerprint density at radius 3 is 2.80 bits per heavy atom. The van der Waals surface area contributed by atoms with Crippen molar-refractivity contribution in [1.29, 1.82) is 0 Å². The molecule has 0 aromatic carbocycles. The molecule has 1 aromatic heterocycles. The van der Waals surface area contributed by atoms with Gasteiger partial charge in [0, 0.05) is 26.3 Å². The van der Waals surface area contributed by atoms with Crippen LogP contribution in [0.15, 0.2) is 10.7 Å². The van der Waals surface area contributed by atoms with Crippen LogP contribution in [0.25, 0.3) is 0 Å². The van der Waals surface area contributed by atoms with Crippen molar-refractivity contribution < 1.29 is 0 Å². The number of hydrogen-bond acceptors (Lipinski definition) is 5. The van der Waals surface area contributed by atoms with Crippen LogP contribution in [-0.4, -0.2) is 49.1 Å². The van der Waals surface area contributed by atoms with Crippen molar-refractivity contribution in [3.05, 3.63) is 10.7 Å². The predicted molar refractivity (Wildman–Crippen MR) is 66.3 cm³/mol. The molecular weight excluding hydrogens is 258 g/mol. The molecule has 15 heavy (non-hydrogen) atoms. The molecule has 1 heterocycles. The lowest BCUT2D eigenvalue weighted by Gasteiger charge is -2.12. The lowest BCUT2D eigenvalue weighted by molar-refractivity contribution is 0.425. The van der Waals surface area contributed by atoms with Gasteiger partial charge in [-0.05, 0) is 30.0 Å². The lowest BCUT2D eigenvalue weighted by Crippen LogP contribution is -2.21. The molecule has 0 aliphatic heterocycles. The molecule has 6 heteroatoms. The quantitative estimate of drug-likeness (QED) is 0.846. The average Bonchev–Trinajstić information content (AvgIpc) is 2.20. The number of anilines is 2. The maximum absolute atomic E-state index is 4.29. The first kappa shape index (κ1) is 12.2. The van der Waals surface area contributed by atoms with E-state index in [1.54, 1.807) is 13.2 Å². The summed E-state index contributed by atoms with van der Waals surface area (Å²) in [5.74, 6) is 1.43. The number of nitrogens with one attached hydrogen (secondary N) is 2. The number of aromatic nitrogens is 2. The van der Waals surface area contributed by atoms with E-state index in [0.29, 0.717) is 5.95 Å². The molecule has 0 fully saturated rings. The number of hydrogen-bond donors (Lipinski definition) is 2. The van der Waals surface area contributed by atoms with Crippen LogP contribution in [0.1, 0.15) is 0 Å². The molecule has 0 spiro atoms. The standard InChI is InChI=1S/C9H16BrN5/c1-11-9-13-6-7(10)8(14-9)12-4-5-15(2)3/h6H,4-5H2,1-3H3,(H2,11,12,13,14). The lowest BCUT2D eigenvalue weighted by atomic mass is 10.5. The highest BCUT2D eigenvalue weighted by Crippen LogP contribution is 2.19. The topological polar surface area (TPSA) is 53.1 Å². The van der Waals surface area contributed by atoms with Gasteiger partial charge < -0.3 is 15.5 Å². The van der Waals surface area contributed by atoms with Crippen molar-refractivity contribution in [3.63, 3.8) is 0 Å². The van der Waals surface area contributed by atoms with E-state index < -0.39 is 0 Å². The van der Waals surface area contributed by atoms with Gasteiger partial charge >= 0.3 is 0 Å². The third kappa shape index (κ3) is 4.01. The Morgan fingerprint density at radius 1 is 1.47 bits per heavy atom. The van der Waals surface area contributed by atoms with E-state index in [-0.39, 0.29) is 0 Å². The molecule has 84 valence electrons. The highest BCUT2D eigenvalue weighted by molar-refractivity contribution is 9.10. The van der Waals surface area contributed by atoms with Crippen LogP contribution in [0.5, 0.6) is 0 Å². The number of halogens is 1. The van der Waals surface area contributed by atoms with Gasteiger partial charge in [0.15, 0.2) is 0 Å². The van der Waals surface area contributed by atoms with Crippen molar-refractivity contribution in [2.75, 3.05) is 44.9 Å². The van der Waals surface area contributed by atoms with Crippen LogP contribution < -0.4 is 10.6 Å². The molecule has 2 N–H and O–H groups in total. The predicted octanol–water partition coefficient (Wildman–Crippen LogP) is 1.25. The second-order valence-electron chi connectivity index (χ2n) is 3.37. The minimum Gasteiger partial charge on any atom is -0.368 e. The fourth-order valence-electron chi connectivity index (χ4n) is 1.01. The maximum Gasteiger partial charge on any atom is 0.224 e. The number of likely N-dealkylation sites (N-methyl/N-ethyl adjacent to an activating group) is 1. The fraction of sp³-hybridized carbons (Fsp3) is 0.556. The Balaban J connectivity index is 2.59. The van der Waals surface area contributed by atoms with Crippen molar-refractivity contribution in [1.82, 2.24) is 14.9 Å². The smallest absolute Gasteiger partial charge is 0.224 e. The SMILES string of the molecule is CNc1ncc(Br)c(NCCN(C)C)n1. The van der Waals surface area contributed by atoms with Crippen LogP contribution in [0, 0.1) is 0 Å². The average molecular weight is 274 g/mol. The fourth-order valence-corrected chi connectivity index (χ4v) is 1.34. The summed E-state index contributed by atoms with van der Waals surface area (Å²) < 4.78 is 0.875. The van der Waals surface area contributed by atoms with Gasteiger partial charge in [-0.3, -0.25) is 0 Å². The first-order chi connectivity index (χ1) is 7.13. The van der Waals surface area contributed by atoms with Crippen molar-refractivity contribution >= 4 is 27.7 Å². The second kappa shape index (κ2) is 5.87. The molecule has 1 rings (SSSR count). The highest BCUT2D eigenvalue weighted by Gasteiger charge is 2.03. The normalized spacial score (nSPS) is 10.5. The van der Waals surface area contributed by atoms with Gasteiger partial charge in [-0.1, -0.05) is 0 Å². The van der Waals surface area contributed by atoms with Gasteiger partial charge in [0.05, 0.1) is 4.47 Å². The molecule has 0 amide bonds. The minimum absolute atomic E-state index is 0.616. The molecule has 0 atom stereocenters. The zero-order valence-electron chi connectivity index (χ0n) is 9.21. The Labute approximate surface area is 98.4 Å². The van der Waals surface area contributed by atoms with Gasteiger partial charge in [-0.25, -0.2) is 4.98 Å². The molecule has 0 radical (unpaired) electrons. The van der Waals surface area contributed by atoms with Crippen LogP contribution >= 0.6 is 15.9 Å². The number of nitrogens with zero attached hydrogens (tertiary/aromatic N) is 3. The first-order valence-corrected chi connectivity index (χ1v) is 5.51. The first-order valence-electron chi connectivity index (χ1n) is 4.72. The minimum atomic E-state index is 0.616. The van der Waals surface area contributed by atoms with E-state index in [2.05, 4.69) is 41.4 Å². The molecular formula is C9H16BrN5. The molecule has 5 nitrogen and oxygen atoms in total. The van der Waals surface area contributed by atoms with E-state index in [0.717, 1.165) is 23.4 Å². The zero-order chi connectivity index (χ0) is 11.3. The highest BCUT2D eigenvalue weighted by atomic mass is 79.9. The second-order valence-corrected chi connectivity index (χ2v) is 4.22. The van der Waals surface area contributed by atoms with E-state index in [4.69, 9.17) is 0 Å². The molecule has 0 bridgehead atoms. The van der Waals surface area contributed by atoms with Gasteiger partial charge in [0.1, 0.15) is 5.82 Å².